The molecule has 0 amide bonds. The minimum Gasteiger partial charge on any atom is -0.481 e. The van der Waals surface area contributed by atoms with Gasteiger partial charge in [-0.2, -0.15) is 0 Å². The van der Waals surface area contributed by atoms with Gasteiger partial charge in [0.2, 0.25) is 0 Å². The van der Waals surface area contributed by atoms with Crippen molar-refractivity contribution < 1.29 is 14.6 Å². The van der Waals surface area contributed by atoms with Crippen molar-refractivity contribution in [2.45, 2.75) is 0 Å². The fourth-order valence-corrected chi connectivity index (χ4v) is 3.60. The van der Waals surface area contributed by atoms with Crippen LogP contribution in [0.4, 0.5) is 0 Å². The van der Waals surface area contributed by atoms with Crippen LogP contribution in [0.5, 0.6) is 5.75 Å². The topological polar surface area (TPSA) is 80.9 Å². The Morgan fingerprint density at radius 3 is 2.80 bits per heavy atom. The molecule has 0 saturated heterocycles. The molecule has 124 valence electrons. The van der Waals surface area contributed by atoms with Crippen LogP contribution in [0.15, 0.2) is 53.3 Å². The summed E-state index contributed by atoms with van der Waals surface area (Å²) >= 11 is 1.29. The van der Waals surface area contributed by atoms with Crippen LogP contribution in [0.3, 0.4) is 0 Å². The Balaban J connectivity index is 1.86. The van der Waals surface area contributed by atoms with Crippen LogP contribution in [0, 0.1) is 0 Å². The van der Waals surface area contributed by atoms with Gasteiger partial charge in [-0.3, -0.25) is 4.79 Å². The van der Waals surface area contributed by atoms with Crippen LogP contribution < -0.4 is 14.8 Å². The van der Waals surface area contributed by atoms with Crippen molar-refractivity contribution in [1.29, 1.82) is 0 Å². The quantitative estimate of drug-likeness (QED) is 0.607. The molecule has 0 aliphatic rings. The summed E-state index contributed by atoms with van der Waals surface area (Å²) in [7, 11) is 0. The lowest BCUT2D eigenvalue weighted by Crippen LogP contribution is -2.22. The maximum Gasteiger partial charge on any atom is 0.341 e. The molecule has 0 unspecified atom stereocenters. The SMILES string of the molecule is O=C(O)COc1ccccc1/C=c1/sc2nc3ccccc3n2c1=O. The van der Waals surface area contributed by atoms with E-state index >= 15 is 0 Å². The van der Waals surface area contributed by atoms with Crippen molar-refractivity contribution in [3.63, 3.8) is 0 Å². The fourth-order valence-electron chi connectivity index (χ4n) is 2.62. The van der Waals surface area contributed by atoms with E-state index < -0.39 is 12.6 Å². The summed E-state index contributed by atoms with van der Waals surface area (Å²) in [5, 5.41) is 8.77. The van der Waals surface area contributed by atoms with Gasteiger partial charge in [-0.15, -0.1) is 0 Å². The van der Waals surface area contributed by atoms with E-state index in [0.717, 1.165) is 11.0 Å². The highest BCUT2D eigenvalue weighted by molar-refractivity contribution is 7.15. The van der Waals surface area contributed by atoms with Crippen molar-refractivity contribution in [1.82, 2.24) is 9.38 Å². The van der Waals surface area contributed by atoms with Gasteiger partial charge in [-0.1, -0.05) is 41.7 Å². The minimum absolute atomic E-state index is 0.151. The summed E-state index contributed by atoms with van der Waals surface area (Å²) < 4.78 is 7.39. The second-order valence-electron chi connectivity index (χ2n) is 5.35. The number of hydrogen-bond donors (Lipinski definition) is 1. The van der Waals surface area contributed by atoms with E-state index in [-0.39, 0.29) is 5.56 Å². The third-order valence-electron chi connectivity index (χ3n) is 3.70. The average Bonchev–Trinajstić information content (AvgIpc) is 3.11. The molecule has 0 atom stereocenters. The minimum atomic E-state index is -1.06. The zero-order chi connectivity index (χ0) is 17.4. The fraction of sp³-hybridized carbons (Fsp3) is 0.0556. The molecule has 1 N–H and O–H groups in total. The molecule has 25 heavy (non-hydrogen) atoms. The predicted octanol–water partition coefficient (Wildman–Crippen LogP) is 1.92. The maximum atomic E-state index is 12.8. The van der Waals surface area contributed by atoms with E-state index in [1.807, 2.05) is 24.3 Å². The number of aliphatic carboxylic acids is 1. The Morgan fingerprint density at radius 2 is 1.96 bits per heavy atom. The Hall–Kier alpha value is -3.19. The number of nitrogens with zero attached hydrogens (tertiary/aromatic N) is 2. The van der Waals surface area contributed by atoms with Crippen LogP contribution in [0.25, 0.3) is 22.1 Å². The molecule has 7 heteroatoms. The average molecular weight is 352 g/mol. The molecule has 2 heterocycles. The summed E-state index contributed by atoms with van der Waals surface area (Å²) in [6.07, 6.45) is 1.70. The van der Waals surface area contributed by atoms with E-state index in [2.05, 4.69) is 4.98 Å². The van der Waals surface area contributed by atoms with Crippen molar-refractivity contribution in [3.05, 3.63) is 69.0 Å². The summed E-state index contributed by atoms with van der Waals surface area (Å²) in [6.45, 7) is -0.437. The lowest BCUT2D eigenvalue weighted by Gasteiger charge is -2.05. The number of ether oxygens (including phenoxy) is 1. The smallest absolute Gasteiger partial charge is 0.341 e. The van der Waals surface area contributed by atoms with E-state index in [9.17, 15) is 9.59 Å². The number of rotatable bonds is 4. The number of fused-ring (bicyclic) bond motifs is 3. The van der Waals surface area contributed by atoms with Gasteiger partial charge in [0.1, 0.15) is 5.75 Å². The third-order valence-corrected chi connectivity index (χ3v) is 4.67. The number of carbonyl (C=O) groups is 1. The molecule has 0 aliphatic heterocycles. The molecule has 0 spiro atoms. The lowest BCUT2D eigenvalue weighted by molar-refractivity contribution is -0.139. The number of hydrogen-bond acceptors (Lipinski definition) is 5. The molecule has 0 aliphatic carbocycles. The molecular weight excluding hydrogens is 340 g/mol. The normalized spacial score (nSPS) is 12.1. The van der Waals surface area contributed by atoms with E-state index in [0.29, 0.717) is 20.8 Å². The molecular formula is C18H12N2O4S. The first-order chi connectivity index (χ1) is 12.1. The number of imidazole rings is 1. The van der Waals surface area contributed by atoms with Crippen LogP contribution >= 0.6 is 11.3 Å². The predicted molar refractivity (Wildman–Crippen MR) is 95.2 cm³/mol. The molecule has 0 saturated carbocycles. The highest BCUT2D eigenvalue weighted by Gasteiger charge is 2.11. The summed E-state index contributed by atoms with van der Waals surface area (Å²) in [4.78, 5) is 28.6. The van der Waals surface area contributed by atoms with Gasteiger partial charge in [0, 0.05) is 5.56 Å². The molecule has 4 rings (SSSR count). The van der Waals surface area contributed by atoms with Crippen LogP contribution in [-0.2, 0) is 4.79 Å². The molecule has 0 radical (unpaired) electrons. The lowest BCUT2D eigenvalue weighted by atomic mass is 10.2. The largest absolute Gasteiger partial charge is 0.481 e. The first-order valence-electron chi connectivity index (χ1n) is 7.49. The number of carboxylic acid groups (broad SMARTS) is 1. The van der Waals surface area contributed by atoms with E-state index in [1.165, 1.54) is 11.3 Å². The van der Waals surface area contributed by atoms with Crippen molar-refractivity contribution >= 4 is 39.4 Å². The Labute approximate surface area is 145 Å². The number of para-hydroxylation sites is 3. The summed E-state index contributed by atoms with van der Waals surface area (Å²) in [5.74, 6) is -0.638. The summed E-state index contributed by atoms with van der Waals surface area (Å²) in [5.41, 5.74) is 2.05. The monoisotopic (exact) mass is 352 g/mol. The van der Waals surface area contributed by atoms with Gasteiger partial charge in [-0.05, 0) is 24.3 Å². The van der Waals surface area contributed by atoms with Gasteiger partial charge in [0.05, 0.1) is 15.6 Å². The second kappa shape index (κ2) is 6.03. The molecule has 4 aromatic rings. The van der Waals surface area contributed by atoms with Gasteiger partial charge in [-0.25, -0.2) is 14.2 Å². The van der Waals surface area contributed by atoms with Gasteiger partial charge >= 0.3 is 5.97 Å². The zero-order valence-electron chi connectivity index (χ0n) is 12.9. The molecule has 0 bridgehead atoms. The second-order valence-corrected chi connectivity index (χ2v) is 6.36. The number of carboxylic acids is 1. The van der Waals surface area contributed by atoms with Crippen LogP contribution in [-0.4, -0.2) is 27.1 Å². The Morgan fingerprint density at radius 1 is 1.20 bits per heavy atom. The van der Waals surface area contributed by atoms with Crippen LogP contribution in [0.1, 0.15) is 5.56 Å². The number of benzene rings is 2. The Kier molecular flexibility index (Phi) is 3.70. The first kappa shape index (κ1) is 15.3. The molecule has 2 aromatic heterocycles. The first-order valence-corrected chi connectivity index (χ1v) is 8.30. The molecule has 6 nitrogen and oxygen atoms in total. The zero-order valence-corrected chi connectivity index (χ0v) is 13.7. The van der Waals surface area contributed by atoms with Crippen molar-refractivity contribution in [2.75, 3.05) is 6.61 Å². The van der Waals surface area contributed by atoms with Crippen molar-refractivity contribution in [2.24, 2.45) is 0 Å². The molecule has 0 fully saturated rings. The highest BCUT2D eigenvalue weighted by atomic mass is 32.1. The highest BCUT2D eigenvalue weighted by Crippen LogP contribution is 2.19. The number of thiazole rings is 1. The van der Waals surface area contributed by atoms with Crippen molar-refractivity contribution in [3.8, 4) is 5.75 Å². The van der Waals surface area contributed by atoms with E-state index in [1.54, 1.807) is 34.7 Å². The van der Waals surface area contributed by atoms with Gasteiger partial charge in [0.25, 0.3) is 5.56 Å². The van der Waals surface area contributed by atoms with Gasteiger partial charge in [0.15, 0.2) is 11.6 Å². The molecule has 2 aromatic carbocycles. The standard InChI is InChI=1S/C18H12N2O4S/c21-16(22)10-24-14-8-4-1-5-11(14)9-15-17(23)20-13-7-3-2-6-12(13)19-18(20)25-15/h1-9H,10H2,(H,21,22)/b15-9+. The Bertz CT molecular complexity index is 1210. The van der Waals surface area contributed by atoms with Crippen LogP contribution in [0.2, 0.25) is 0 Å². The third kappa shape index (κ3) is 2.74. The summed E-state index contributed by atoms with van der Waals surface area (Å²) in [6, 6.07) is 14.5. The van der Waals surface area contributed by atoms with E-state index in [4.69, 9.17) is 9.84 Å². The maximum absolute atomic E-state index is 12.8. The van der Waals surface area contributed by atoms with Gasteiger partial charge < -0.3 is 9.84 Å². The number of aromatic nitrogens is 2.